The second kappa shape index (κ2) is 9.86. The van der Waals surface area contributed by atoms with Crippen LogP contribution in [0.25, 0.3) is 0 Å². The maximum atomic E-state index is 13.3. The summed E-state index contributed by atoms with van der Waals surface area (Å²) in [5.41, 5.74) is 6.88. The highest BCUT2D eigenvalue weighted by Crippen LogP contribution is 2.20. The van der Waals surface area contributed by atoms with Crippen molar-refractivity contribution < 1.29 is 4.79 Å². The Bertz CT molecular complexity index is 1030. The van der Waals surface area contributed by atoms with E-state index in [1.807, 2.05) is 23.1 Å². The Hall–Kier alpha value is -3.01. The van der Waals surface area contributed by atoms with Crippen LogP contribution in [0, 0.1) is 26.7 Å². The van der Waals surface area contributed by atoms with E-state index in [0.29, 0.717) is 12.5 Å². The fourth-order valence-corrected chi connectivity index (χ4v) is 3.70. The zero-order chi connectivity index (χ0) is 22.5. The lowest BCUT2D eigenvalue weighted by atomic mass is 10.0. The van der Waals surface area contributed by atoms with Crippen LogP contribution < -0.4 is 5.32 Å². The quantitative estimate of drug-likeness (QED) is 0.465. The summed E-state index contributed by atoms with van der Waals surface area (Å²) in [6, 6.07) is 18.8. The molecule has 0 aliphatic carbocycles. The Morgan fingerprint density at radius 3 is 2.42 bits per heavy atom. The summed E-state index contributed by atoms with van der Waals surface area (Å²) < 4.78 is 2.23. The second-order valence-corrected chi connectivity index (χ2v) is 8.96. The summed E-state index contributed by atoms with van der Waals surface area (Å²) in [4.78, 5) is 15.2. The smallest absolute Gasteiger partial charge is 0.322 e. The van der Waals surface area contributed by atoms with E-state index in [9.17, 15) is 4.79 Å². The van der Waals surface area contributed by atoms with Crippen LogP contribution in [0.15, 0.2) is 60.8 Å². The molecule has 4 heteroatoms. The fraction of sp³-hybridized carbons (Fsp3) is 0.370. The van der Waals surface area contributed by atoms with Gasteiger partial charge >= 0.3 is 6.03 Å². The van der Waals surface area contributed by atoms with Gasteiger partial charge < -0.3 is 14.8 Å². The van der Waals surface area contributed by atoms with E-state index in [1.54, 1.807) is 0 Å². The molecule has 1 aromatic heterocycles. The average Bonchev–Trinajstić information content (AvgIpc) is 3.15. The van der Waals surface area contributed by atoms with Crippen LogP contribution in [0.5, 0.6) is 0 Å². The predicted octanol–water partition coefficient (Wildman–Crippen LogP) is 6.54. The third-order valence-corrected chi connectivity index (χ3v) is 6.17. The van der Waals surface area contributed by atoms with Crippen molar-refractivity contribution in [3.63, 3.8) is 0 Å². The van der Waals surface area contributed by atoms with Crippen molar-refractivity contribution in [2.24, 2.45) is 5.92 Å². The van der Waals surface area contributed by atoms with Crippen molar-refractivity contribution in [1.29, 1.82) is 0 Å². The van der Waals surface area contributed by atoms with Gasteiger partial charge in [0.25, 0.3) is 0 Å². The van der Waals surface area contributed by atoms with Gasteiger partial charge in [-0.25, -0.2) is 4.79 Å². The zero-order valence-corrected chi connectivity index (χ0v) is 19.6. The van der Waals surface area contributed by atoms with Gasteiger partial charge in [0.2, 0.25) is 0 Å². The number of nitrogens with zero attached hydrogens (tertiary/aromatic N) is 2. The maximum absolute atomic E-state index is 13.3. The molecule has 1 unspecified atom stereocenters. The maximum Gasteiger partial charge on any atom is 0.322 e. The Labute approximate surface area is 186 Å². The van der Waals surface area contributed by atoms with Gasteiger partial charge in [-0.2, -0.15) is 0 Å². The molecule has 0 aliphatic heterocycles. The van der Waals surface area contributed by atoms with E-state index in [1.165, 1.54) is 22.3 Å². The molecule has 3 aromatic rings. The third-order valence-electron chi connectivity index (χ3n) is 6.17. The van der Waals surface area contributed by atoms with Crippen molar-refractivity contribution >= 4 is 11.7 Å². The van der Waals surface area contributed by atoms with Crippen LogP contribution in [0.2, 0.25) is 0 Å². The number of aryl methyl sites for hydroxylation is 3. The highest BCUT2D eigenvalue weighted by Gasteiger charge is 2.24. The molecule has 0 aliphatic rings. The van der Waals surface area contributed by atoms with Crippen LogP contribution in [0.4, 0.5) is 10.5 Å². The number of nitrogens with one attached hydrogen (secondary N) is 1. The molecular weight excluding hydrogens is 382 g/mol. The normalized spacial score (nSPS) is 12.1. The molecular formula is C27H35N3O. The molecule has 0 spiro atoms. The van der Waals surface area contributed by atoms with Crippen molar-refractivity contribution in [3.05, 3.63) is 88.7 Å². The van der Waals surface area contributed by atoms with E-state index >= 15 is 0 Å². The molecule has 1 atom stereocenters. The number of hydrogen-bond acceptors (Lipinski definition) is 1. The number of anilines is 1. The van der Waals surface area contributed by atoms with Gasteiger partial charge in [-0.3, -0.25) is 0 Å². The molecule has 0 saturated carbocycles. The van der Waals surface area contributed by atoms with Gasteiger partial charge in [-0.15, -0.1) is 0 Å². The highest BCUT2D eigenvalue weighted by molar-refractivity contribution is 5.89. The number of benzene rings is 2. The highest BCUT2D eigenvalue weighted by atomic mass is 16.2. The van der Waals surface area contributed by atoms with Crippen molar-refractivity contribution in [1.82, 2.24) is 9.47 Å². The summed E-state index contributed by atoms with van der Waals surface area (Å²) in [6.07, 6.45) is 2.09. The van der Waals surface area contributed by atoms with E-state index < -0.39 is 0 Å². The Balaban J connectivity index is 1.81. The fourth-order valence-electron chi connectivity index (χ4n) is 3.70. The number of hydrogen-bond donors (Lipinski definition) is 1. The molecule has 4 nitrogen and oxygen atoms in total. The van der Waals surface area contributed by atoms with Crippen LogP contribution in [0.3, 0.4) is 0 Å². The first-order valence-electron chi connectivity index (χ1n) is 11.1. The van der Waals surface area contributed by atoms with Gasteiger partial charge in [0.05, 0.1) is 6.54 Å². The van der Waals surface area contributed by atoms with Crippen LogP contribution in [-0.4, -0.2) is 21.5 Å². The minimum atomic E-state index is -0.0623. The van der Waals surface area contributed by atoms with Gasteiger partial charge in [0.15, 0.2) is 0 Å². The number of amides is 2. The summed E-state index contributed by atoms with van der Waals surface area (Å²) in [5.74, 6) is 0.352. The first-order chi connectivity index (χ1) is 14.7. The van der Waals surface area contributed by atoms with Crippen molar-refractivity contribution in [2.45, 2.75) is 60.7 Å². The molecule has 0 bridgehead atoms. The number of aromatic nitrogens is 1. The summed E-state index contributed by atoms with van der Waals surface area (Å²) >= 11 is 0. The molecule has 31 heavy (non-hydrogen) atoms. The number of carbonyl (C=O) groups is 1. The molecule has 1 N–H and O–H groups in total. The summed E-state index contributed by atoms with van der Waals surface area (Å²) in [6.45, 7) is 14.1. The molecule has 2 amide bonds. The van der Waals surface area contributed by atoms with Gasteiger partial charge in [0.1, 0.15) is 0 Å². The van der Waals surface area contributed by atoms with E-state index in [0.717, 1.165) is 17.9 Å². The topological polar surface area (TPSA) is 37.3 Å². The monoisotopic (exact) mass is 417 g/mol. The lowest BCUT2D eigenvalue weighted by Gasteiger charge is -2.32. The zero-order valence-electron chi connectivity index (χ0n) is 19.6. The van der Waals surface area contributed by atoms with Crippen molar-refractivity contribution in [3.8, 4) is 0 Å². The molecule has 0 saturated heterocycles. The molecule has 1 heterocycles. The van der Waals surface area contributed by atoms with Crippen LogP contribution >= 0.6 is 0 Å². The van der Waals surface area contributed by atoms with Crippen LogP contribution in [-0.2, 0) is 13.1 Å². The molecule has 0 radical (unpaired) electrons. The largest absolute Gasteiger partial charge is 0.345 e. The Kier molecular flexibility index (Phi) is 7.21. The third kappa shape index (κ3) is 5.78. The number of urea groups is 1. The molecule has 0 fully saturated rings. The summed E-state index contributed by atoms with van der Waals surface area (Å²) in [5, 5.41) is 3.11. The Morgan fingerprint density at radius 1 is 0.968 bits per heavy atom. The van der Waals surface area contributed by atoms with E-state index in [4.69, 9.17) is 0 Å². The standard InChI is InChI=1S/C27H35N3O/c1-19(2)23(6)30(27(31)28-25-13-12-21(4)22(5)16-25)18-26-11-8-14-29(26)17-24-10-7-9-20(3)15-24/h7-16,19,23H,17-18H2,1-6H3,(H,28,31). The first-order valence-corrected chi connectivity index (χ1v) is 11.1. The second-order valence-electron chi connectivity index (χ2n) is 8.96. The van der Waals surface area contributed by atoms with Gasteiger partial charge in [0, 0.05) is 30.2 Å². The lowest BCUT2D eigenvalue weighted by molar-refractivity contribution is 0.168. The summed E-state index contributed by atoms with van der Waals surface area (Å²) in [7, 11) is 0. The van der Waals surface area contributed by atoms with Crippen molar-refractivity contribution in [2.75, 3.05) is 5.32 Å². The average molecular weight is 418 g/mol. The molecule has 164 valence electrons. The predicted molar refractivity (Wildman–Crippen MR) is 129 cm³/mol. The number of carbonyl (C=O) groups excluding carboxylic acids is 1. The van der Waals surface area contributed by atoms with Crippen LogP contribution in [0.1, 0.15) is 48.7 Å². The minimum absolute atomic E-state index is 0.0623. The van der Waals surface area contributed by atoms with E-state index in [-0.39, 0.29) is 12.1 Å². The van der Waals surface area contributed by atoms with Gasteiger partial charge in [-0.1, -0.05) is 49.7 Å². The van der Waals surface area contributed by atoms with Gasteiger partial charge in [-0.05, 0) is 74.6 Å². The lowest BCUT2D eigenvalue weighted by Crippen LogP contribution is -2.43. The van der Waals surface area contributed by atoms with E-state index in [2.05, 4.69) is 94.0 Å². The minimum Gasteiger partial charge on any atom is -0.345 e. The first kappa shape index (κ1) is 22.7. The molecule has 3 rings (SSSR count). The molecule has 2 aromatic carbocycles. The number of rotatable bonds is 7. The Morgan fingerprint density at radius 2 is 1.74 bits per heavy atom. The SMILES string of the molecule is Cc1cccc(Cn2cccc2CN(C(=O)Nc2ccc(C)c(C)c2)C(C)C(C)C)c1.